The summed E-state index contributed by atoms with van der Waals surface area (Å²) in [5.74, 6) is -2.94. The molecule has 2 aromatic carbocycles. The second-order valence-corrected chi connectivity index (χ2v) is 6.99. The van der Waals surface area contributed by atoms with Crippen molar-refractivity contribution in [2.24, 2.45) is 0 Å². The molecular formula is C18H19F2IN2O3. The molecule has 2 aromatic rings. The van der Waals surface area contributed by atoms with Crippen molar-refractivity contribution >= 4 is 39.9 Å². The lowest BCUT2D eigenvalue weighted by molar-refractivity contribution is -0.0168. The number of benzene rings is 2. The van der Waals surface area contributed by atoms with Crippen LogP contribution in [-0.2, 0) is 4.84 Å². The van der Waals surface area contributed by atoms with Crippen LogP contribution in [-0.4, -0.2) is 23.7 Å². The van der Waals surface area contributed by atoms with Crippen LogP contribution in [0.3, 0.4) is 0 Å². The number of aliphatic hydroxyl groups excluding tert-OH is 1. The fourth-order valence-corrected chi connectivity index (χ4v) is 2.86. The van der Waals surface area contributed by atoms with Gasteiger partial charge in [-0.15, -0.1) is 0 Å². The third kappa shape index (κ3) is 5.12. The van der Waals surface area contributed by atoms with Crippen LogP contribution in [0, 0.1) is 22.1 Å². The molecule has 5 nitrogen and oxygen atoms in total. The molecule has 0 aromatic heterocycles. The fourth-order valence-electron chi connectivity index (χ4n) is 2.21. The Labute approximate surface area is 163 Å². The zero-order valence-electron chi connectivity index (χ0n) is 14.3. The second kappa shape index (κ2) is 9.24. The normalized spacial score (nSPS) is 11.9. The molecule has 140 valence electrons. The topological polar surface area (TPSA) is 70.6 Å². The Bertz CT molecular complexity index is 802. The number of carbonyl (C=O) groups is 1. The summed E-state index contributed by atoms with van der Waals surface area (Å²) >= 11 is 2.15. The fraction of sp³-hybridized carbons (Fsp3) is 0.278. The van der Waals surface area contributed by atoms with E-state index in [1.165, 1.54) is 6.07 Å². The van der Waals surface area contributed by atoms with Crippen LogP contribution in [0.4, 0.5) is 20.2 Å². The van der Waals surface area contributed by atoms with Gasteiger partial charge in [0.2, 0.25) is 0 Å². The van der Waals surface area contributed by atoms with Crippen molar-refractivity contribution in [2.45, 2.75) is 26.4 Å². The standard InChI is InChI=1S/C18H19F2IN2O3/c1-10-9-12(21)3-6-15(10)22-17-13(4-5-14(19)16(17)20)18(25)23-26-11(2)7-8-24/h3-6,9,11,22,24H,7-8H2,1-2H3,(H,23,25). The van der Waals surface area contributed by atoms with Crippen molar-refractivity contribution in [1.82, 2.24) is 5.48 Å². The van der Waals surface area contributed by atoms with Gasteiger partial charge in [-0.05, 0) is 78.8 Å². The quantitative estimate of drug-likeness (QED) is 0.417. The molecule has 0 radical (unpaired) electrons. The summed E-state index contributed by atoms with van der Waals surface area (Å²) in [4.78, 5) is 17.4. The second-order valence-electron chi connectivity index (χ2n) is 5.74. The van der Waals surface area contributed by atoms with Crippen molar-refractivity contribution in [3.8, 4) is 0 Å². The highest BCUT2D eigenvalue weighted by Crippen LogP contribution is 2.28. The van der Waals surface area contributed by atoms with Crippen LogP contribution in [0.5, 0.6) is 0 Å². The first-order valence-electron chi connectivity index (χ1n) is 7.91. The highest BCUT2D eigenvalue weighted by molar-refractivity contribution is 14.1. The molecule has 0 aliphatic heterocycles. The molecule has 1 unspecified atom stereocenters. The first kappa shape index (κ1) is 20.5. The molecule has 0 fully saturated rings. The third-order valence-corrected chi connectivity index (χ3v) is 4.35. The number of hydrogen-bond donors (Lipinski definition) is 3. The van der Waals surface area contributed by atoms with E-state index in [0.717, 1.165) is 15.2 Å². The van der Waals surface area contributed by atoms with E-state index in [-0.39, 0.29) is 17.9 Å². The zero-order valence-corrected chi connectivity index (χ0v) is 16.4. The highest BCUT2D eigenvalue weighted by atomic mass is 127. The van der Waals surface area contributed by atoms with Gasteiger partial charge in [0.25, 0.3) is 5.91 Å². The number of anilines is 2. The Morgan fingerprint density at radius 2 is 2.04 bits per heavy atom. The number of hydrogen-bond acceptors (Lipinski definition) is 4. The van der Waals surface area contributed by atoms with Gasteiger partial charge in [0.15, 0.2) is 11.6 Å². The van der Waals surface area contributed by atoms with Crippen LogP contribution in [0.2, 0.25) is 0 Å². The molecule has 26 heavy (non-hydrogen) atoms. The molecule has 8 heteroatoms. The minimum Gasteiger partial charge on any atom is -0.396 e. The largest absolute Gasteiger partial charge is 0.396 e. The van der Waals surface area contributed by atoms with E-state index in [1.807, 2.05) is 19.1 Å². The summed E-state index contributed by atoms with van der Waals surface area (Å²) in [6.07, 6.45) is -0.102. The Balaban J connectivity index is 2.30. The maximum atomic E-state index is 14.3. The summed E-state index contributed by atoms with van der Waals surface area (Å²) in [6.45, 7) is 3.39. The maximum absolute atomic E-state index is 14.3. The minimum absolute atomic E-state index is 0.0961. The molecule has 0 saturated heterocycles. The average molecular weight is 476 g/mol. The molecular weight excluding hydrogens is 457 g/mol. The third-order valence-electron chi connectivity index (χ3n) is 3.68. The smallest absolute Gasteiger partial charge is 0.277 e. The summed E-state index contributed by atoms with van der Waals surface area (Å²) in [7, 11) is 0. The van der Waals surface area contributed by atoms with E-state index in [2.05, 4.69) is 33.4 Å². The molecule has 0 aliphatic rings. The molecule has 1 amide bonds. The first-order chi connectivity index (χ1) is 12.3. The van der Waals surface area contributed by atoms with Gasteiger partial charge in [0, 0.05) is 15.9 Å². The zero-order chi connectivity index (χ0) is 19.3. The van der Waals surface area contributed by atoms with Gasteiger partial charge in [-0.1, -0.05) is 0 Å². The van der Waals surface area contributed by atoms with Gasteiger partial charge in [-0.3, -0.25) is 9.63 Å². The predicted octanol–water partition coefficient (Wildman–Crippen LogP) is 4.05. The first-order valence-corrected chi connectivity index (χ1v) is 8.99. The molecule has 0 bridgehead atoms. The van der Waals surface area contributed by atoms with E-state index in [4.69, 9.17) is 9.94 Å². The van der Waals surface area contributed by atoms with Gasteiger partial charge < -0.3 is 10.4 Å². The number of rotatable bonds is 7. The van der Waals surface area contributed by atoms with Crippen LogP contribution in [0.25, 0.3) is 0 Å². The average Bonchev–Trinajstić information content (AvgIpc) is 2.59. The van der Waals surface area contributed by atoms with E-state index < -0.39 is 23.6 Å². The lowest BCUT2D eigenvalue weighted by Gasteiger charge is -2.16. The molecule has 0 aliphatic carbocycles. The van der Waals surface area contributed by atoms with Gasteiger partial charge in [0.1, 0.15) is 0 Å². The Kier molecular flexibility index (Phi) is 7.30. The van der Waals surface area contributed by atoms with Crippen LogP contribution < -0.4 is 10.8 Å². The van der Waals surface area contributed by atoms with Crippen LogP contribution in [0.1, 0.15) is 29.3 Å². The van der Waals surface area contributed by atoms with Crippen molar-refractivity contribution in [2.75, 3.05) is 11.9 Å². The van der Waals surface area contributed by atoms with Gasteiger partial charge in [-0.25, -0.2) is 14.3 Å². The van der Waals surface area contributed by atoms with E-state index in [9.17, 15) is 13.6 Å². The van der Waals surface area contributed by atoms with Crippen LogP contribution in [0.15, 0.2) is 30.3 Å². The predicted molar refractivity (Wildman–Crippen MR) is 103 cm³/mol. The monoisotopic (exact) mass is 476 g/mol. The lowest BCUT2D eigenvalue weighted by atomic mass is 10.1. The minimum atomic E-state index is -1.15. The Hall–Kier alpha value is -1.78. The number of amides is 1. The number of carbonyl (C=O) groups excluding carboxylic acids is 1. The summed E-state index contributed by atoms with van der Waals surface area (Å²) < 4.78 is 29.0. The van der Waals surface area contributed by atoms with Crippen LogP contribution >= 0.6 is 22.6 Å². The highest BCUT2D eigenvalue weighted by Gasteiger charge is 2.20. The van der Waals surface area contributed by atoms with Gasteiger partial charge >= 0.3 is 0 Å². The Morgan fingerprint density at radius 1 is 1.31 bits per heavy atom. The number of halogens is 3. The number of aliphatic hydroxyl groups is 1. The van der Waals surface area contributed by atoms with Gasteiger partial charge in [-0.2, -0.15) is 0 Å². The lowest BCUT2D eigenvalue weighted by Crippen LogP contribution is -2.29. The summed E-state index contributed by atoms with van der Waals surface area (Å²) in [5, 5.41) is 11.6. The van der Waals surface area contributed by atoms with E-state index in [1.54, 1.807) is 13.0 Å². The summed E-state index contributed by atoms with van der Waals surface area (Å²) in [6, 6.07) is 7.47. The number of aryl methyl sites for hydroxylation is 1. The molecule has 2 rings (SSSR count). The van der Waals surface area contributed by atoms with Crippen molar-refractivity contribution in [3.63, 3.8) is 0 Å². The maximum Gasteiger partial charge on any atom is 0.277 e. The molecule has 1 atom stereocenters. The number of hydroxylamine groups is 1. The SMILES string of the molecule is Cc1cc(I)ccc1Nc1c(C(=O)NOC(C)CCO)ccc(F)c1F. The molecule has 0 heterocycles. The number of nitrogens with one attached hydrogen (secondary N) is 2. The van der Waals surface area contributed by atoms with Crippen molar-refractivity contribution in [1.29, 1.82) is 0 Å². The molecule has 3 N–H and O–H groups in total. The van der Waals surface area contributed by atoms with E-state index in [0.29, 0.717) is 12.1 Å². The summed E-state index contributed by atoms with van der Waals surface area (Å²) in [5.41, 5.74) is 3.20. The van der Waals surface area contributed by atoms with Gasteiger partial charge in [0.05, 0.1) is 17.4 Å². The Morgan fingerprint density at radius 3 is 2.69 bits per heavy atom. The van der Waals surface area contributed by atoms with Crippen molar-refractivity contribution < 1.29 is 23.5 Å². The molecule has 0 spiro atoms. The van der Waals surface area contributed by atoms with Crippen molar-refractivity contribution in [3.05, 3.63) is 56.7 Å². The molecule has 0 saturated carbocycles. The van der Waals surface area contributed by atoms with E-state index >= 15 is 0 Å².